The van der Waals surface area contributed by atoms with E-state index in [1.165, 1.54) is 0 Å². The summed E-state index contributed by atoms with van der Waals surface area (Å²) in [7, 11) is 0. The van der Waals surface area contributed by atoms with E-state index in [2.05, 4.69) is 5.32 Å². The predicted molar refractivity (Wildman–Crippen MR) is 93.6 cm³/mol. The maximum Gasteiger partial charge on any atom is 0.262 e. The summed E-state index contributed by atoms with van der Waals surface area (Å²) in [5.41, 5.74) is 8.56. The number of nitrogens with one attached hydrogen (secondary N) is 1. The summed E-state index contributed by atoms with van der Waals surface area (Å²) in [5, 5.41) is 2.72. The third-order valence-corrected chi connectivity index (χ3v) is 4.74. The van der Waals surface area contributed by atoms with E-state index in [0.717, 1.165) is 5.56 Å². The Kier molecular flexibility index (Phi) is 3.89. The quantitative estimate of drug-likeness (QED) is 0.871. The molecule has 2 aromatic carbocycles. The zero-order valence-corrected chi connectivity index (χ0v) is 13.6. The SMILES string of the molecule is N[C@@H]1CN(C(=O)c2ccc3c(c2)OCC(=O)N3)C[C@H]1c1ccccc1. The van der Waals surface area contributed by atoms with Gasteiger partial charge in [-0.15, -0.1) is 0 Å². The maximum atomic E-state index is 12.8. The van der Waals surface area contributed by atoms with E-state index in [0.29, 0.717) is 30.1 Å². The number of hydrogen-bond donors (Lipinski definition) is 2. The minimum Gasteiger partial charge on any atom is -0.482 e. The number of nitrogens with zero attached hydrogens (tertiary/aromatic N) is 1. The van der Waals surface area contributed by atoms with Gasteiger partial charge >= 0.3 is 0 Å². The maximum absolute atomic E-state index is 12.8. The summed E-state index contributed by atoms with van der Waals surface area (Å²) >= 11 is 0. The van der Waals surface area contributed by atoms with Crippen LogP contribution in [0.4, 0.5) is 5.69 Å². The van der Waals surface area contributed by atoms with Gasteiger partial charge in [-0.05, 0) is 23.8 Å². The highest BCUT2D eigenvalue weighted by Gasteiger charge is 2.34. The summed E-state index contributed by atoms with van der Waals surface area (Å²) in [6.07, 6.45) is 0. The van der Waals surface area contributed by atoms with E-state index in [9.17, 15) is 9.59 Å². The fraction of sp³-hybridized carbons (Fsp3) is 0.263. The number of amides is 2. The predicted octanol–water partition coefficient (Wildman–Crippen LogP) is 1.58. The Morgan fingerprint density at radius 2 is 1.96 bits per heavy atom. The van der Waals surface area contributed by atoms with E-state index in [1.54, 1.807) is 23.1 Å². The molecule has 3 N–H and O–H groups in total. The molecule has 1 fully saturated rings. The van der Waals surface area contributed by atoms with Crippen LogP contribution in [0.1, 0.15) is 21.8 Å². The zero-order chi connectivity index (χ0) is 17.4. The second kappa shape index (κ2) is 6.22. The van der Waals surface area contributed by atoms with Crippen LogP contribution in [-0.2, 0) is 4.79 Å². The number of hydrogen-bond acceptors (Lipinski definition) is 4. The minimum absolute atomic E-state index is 0.0324. The third-order valence-electron chi connectivity index (χ3n) is 4.74. The number of ether oxygens (including phenoxy) is 1. The first-order chi connectivity index (χ1) is 12.1. The van der Waals surface area contributed by atoms with Crippen molar-refractivity contribution in [1.29, 1.82) is 0 Å². The van der Waals surface area contributed by atoms with Gasteiger partial charge in [-0.1, -0.05) is 30.3 Å². The average molecular weight is 337 g/mol. The topological polar surface area (TPSA) is 84.7 Å². The number of fused-ring (bicyclic) bond motifs is 1. The van der Waals surface area contributed by atoms with Crippen molar-refractivity contribution in [3.63, 3.8) is 0 Å². The Bertz CT molecular complexity index is 822. The summed E-state index contributed by atoms with van der Waals surface area (Å²) in [5.74, 6) is 0.395. The van der Waals surface area contributed by atoms with Crippen LogP contribution in [0.3, 0.4) is 0 Å². The number of benzene rings is 2. The van der Waals surface area contributed by atoms with E-state index in [4.69, 9.17) is 10.5 Å². The monoisotopic (exact) mass is 337 g/mol. The zero-order valence-electron chi connectivity index (χ0n) is 13.6. The number of likely N-dealkylation sites (tertiary alicyclic amines) is 1. The second-order valence-electron chi connectivity index (χ2n) is 6.44. The van der Waals surface area contributed by atoms with Crippen molar-refractivity contribution in [2.45, 2.75) is 12.0 Å². The first-order valence-corrected chi connectivity index (χ1v) is 8.28. The standard InChI is InChI=1S/C19H19N3O3/c20-15-10-22(9-14(15)12-4-2-1-3-5-12)19(24)13-6-7-16-17(8-13)25-11-18(23)21-16/h1-8,14-15H,9-11,20H2,(H,21,23)/t14-,15+/m0/s1. The van der Waals surface area contributed by atoms with E-state index < -0.39 is 0 Å². The Balaban J connectivity index is 1.53. The smallest absolute Gasteiger partial charge is 0.262 e. The Morgan fingerprint density at radius 3 is 2.76 bits per heavy atom. The Morgan fingerprint density at radius 1 is 1.16 bits per heavy atom. The van der Waals surface area contributed by atoms with Crippen LogP contribution in [0, 0.1) is 0 Å². The van der Waals surface area contributed by atoms with Crippen LogP contribution < -0.4 is 15.8 Å². The molecule has 2 amide bonds. The fourth-order valence-corrected chi connectivity index (χ4v) is 3.44. The van der Waals surface area contributed by atoms with Crippen LogP contribution in [-0.4, -0.2) is 42.5 Å². The van der Waals surface area contributed by atoms with Gasteiger partial charge in [0.25, 0.3) is 11.8 Å². The van der Waals surface area contributed by atoms with Gasteiger partial charge in [0.2, 0.25) is 0 Å². The van der Waals surface area contributed by atoms with Gasteiger partial charge in [0.05, 0.1) is 5.69 Å². The van der Waals surface area contributed by atoms with Gasteiger partial charge < -0.3 is 20.7 Å². The molecule has 2 aromatic rings. The molecule has 6 heteroatoms. The van der Waals surface area contributed by atoms with Crippen LogP contribution in [0.2, 0.25) is 0 Å². The molecule has 0 aromatic heterocycles. The van der Waals surface area contributed by atoms with Crippen LogP contribution >= 0.6 is 0 Å². The number of nitrogens with two attached hydrogens (primary N) is 1. The molecule has 128 valence electrons. The van der Waals surface area contributed by atoms with E-state index in [-0.39, 0.29) is 30.4 Å². The molecule has 25 heavy (non-hydrogen) atoms. The van der Waals surface area contributed by atoms with Gasteiger partial charge in [-0.25, -0.2) is 0 Å². The third kappa shape index (κ3) is 2.96. The number of anilines is 1. The van der Waals surface area contributed by atoms with Gasteiger partial charge in [-0.3, -0.25) is 9.59 Å². The van der Waals surface area contributed by atoms with E-state index >= 15 is 0 Å². The lowest BCUT2D eigenvalue weighted by molar-refractivity contribution is -0.118. The van der Waals surface area contributed by atoms with Crippen LogP contribution in [0.5, 0.6) is 5.75 Å². The second-order valence-corrected chi connectivity index (χ2v) is 6.44. The van der Waals surface area contributed by atoms with Crippen molar-refractivity contribution in [2.75, 3.05) is 25.0 Å². The molecule has 2 aliphatic heterocycles. The lowest BCUT2D eigenvalue weighted by Crippen LogP contribution is -2.32. The van der Waals surface area contributed by atoms with Crippen molar-refractivity contribution in [3.8, 4) is 5.75 Å². The molecule has 4 rings (SSSR count). The molecule has 0 saturated carbocycles. The van der Waals surface area contributed by atoms with E-state index in [1.807, 2.05) is 30.3 Å². The van der Waals surface area contributed by atoms with Crippen molar-refractivity contribution in [2.24, 2.45) is 5.73 Å². The Labute approximate surface area is 145 Å². The lowest BCUT2D eigenvalue weighted by atomic mass is 9.95. The fourth-order valence-electron chi connectivity index (χ4n) is 3.44. The molecule has 6 nitrogen and oxygen atoms in total. The highest BCUT2D eigenvalue weighted by Crippen LogP contribution is 2.31. The molecular formula is C19H19N3O3. The van der Waals surface area contributed by atoms with Crippen molar-refractivity contribution in [1.82, 2.24) is 4.90 Å². The summed E-state index contributed by atoms with van der Waals surface area (Å²) in [4.78, 5) is 26.0. The number of carbonyl (C=O) groups is 2. The molecule has 0 radical (unpaired) electrons. The summed E-state index contributed by atoms with van der Waals surface area (Å²) in [6.45, 7) is 1.08. The number of carbonyl (C=O) groups excluding carboxylic acids is 2. The van der Waals surface area contributed by atoms with Crippen molar-refractivity contribution < 1.29 is 14.3 Å². The Hall–Kier alpha value is -2.86. The number of rotatable bonds is 2. The molecule has 0 unspecified atom stereocenters. The lowest BCUT2D eigenvalue weighted by Gasteiger charge is -2.20. The van der Waals surface area contributed by atoms with Crippen LogP contribution in [0.15, 0.2) is 48.5 Å². The minimum atomic E-state index is -0.192. The molecule has 0 bridgehead atoms. The molecular weight excluding hydrogens is 318 g/mol. The molecule has 2 heterocycles. The van der Waals surface area contributed by atoms with Crippen molar-refractivity contribution >= 4 is 17.5 Å². The first-order valence-electron chi connectivity index (χ1n) is 8.28. The molecule has 1 saturated heterocycles. The van der Waals surface area contributed by atoms with Crippen LogP contribution in [0.25, 0.3) is 0 Å². The van der Waals surface area contributed by atoms with Gasteiger partial charge in [-0.2, -0.15) is 0 Å². The van der Waals surface area contributed by atoms with Gasteiger partial charge in [0.1, 0.15) is 5.75 Å². The summed E-state index contributed by atoms with van der Waals surface area (Å²) in [6, 6.07) is 15.0. The molecule has 2 aliphatic rings. The highest BCUT2D eigenvalue weighted by molar-refractivity contribution is 5.99. The molecule has 2 atom stereocenters. The molecule has 0 aliphatic carbocycles. The average Bonchev–Trinajstić information content (AvgIpc) is 3.03. The highest BCUT2D eigenvalue weighted by atomic mass is 16.5. The largest absolute Gasteiger partial charge is 0.482 e. The van der Waals surface area contributed by atoms with Gasteiger partial charge in [0.15, 0.2) is 6.61 Å². The van der Waals surface area contributed by atoms with Crippen molar-refractivity contribution in [3.05, 3.63) is 59.7 Å². The molecule has 0 spiro atoms. The normalized spacial score (nSPS) is 22.1. The summed E-state index contributed by atoms with van der Waals surface area (Å²) < 4.78 is 5.39. The first kappa shape index (κ1) is 15.7. The van der Waals surface area contributed by atoms with Gasteiger partial charge in [0, 0.05) is 30.6 Å².